The number of carbonyl (C=O) groups is 2. The van der Waals surface area contributed by atoms with Gasteiger partial charge in [0.1, 0.15) is 17.1 Å². The number of ether oxygens (including phenoxy) is 1. The standard InChI is InChI=1S/C20H26BrFN2O3/c1-6-14(18(23)19(26)27-20(3,4)5)8-7-11-24(13(2)25)17-12-15(22)9-10-16(17)21/h7-10,12,14,23H,6,11H2,1-5H3. The number of rotatable bonds is 7. The monoisotopic (exact) mass is 440 g/mol. The number of nitrogens with one attached hydrogen (secondary N) is 1. The summed E-state index contributed by atoms with van der Waals surface area (Å²) in [4.78, 5) is 25.5. The molecule has 0 saturated carbocycles. The van der Waals surface area contributed by atoms with Crippen LogP contribution in [0.4, 0.5) is 10.1 Å². The molecule has 0 aliphatic carbocycles. The molecule has 1 rings (SSSR count). The van der Waals surface area contributed by atoms with E-state index in [4.69, 9.17) is 10.1 Å². The molecule has 0 fully saturated rings. The molecule has 0 spiro atoms. The van der Waals surface area contributed by atoms with E-state index in [-0.39, 0.29) is 18.2 Å². The highest BCUT2D eigenvalue weighted by molar-refractivity contribution is 9.10. The first kappa shape index (κ1) is 23.0. The van der Waals surface area contributed by atoms with Crippen molar-refractivity contribution in [3.8, 4) is 0 Å². The van der Waals surface area contributed by atoms with Gasteiger partial charge in [-0.2, -0.15) is 0 Å². The molecular weight excluding hydrogens is 415 g/mol. The third-order valence-corrected chi connectivity index (χ3v) is 4.34. The van der Waals surface area contributed by atoms with Crippen molar-refractivity contribution in [2.24, 2.45) is 5.92 Å². The molecule has 5 nitrogen and oxygen atoms in total. The minimum atomic E-state index is -0.666. The highest BCUT2D eigenvalue weighted by atomic mass is 79.9. The van der Waals surface area contributed by atoms with Crippen LogP contribution in [0.2, 0.25) is 0 Å². The number of amides is 1. The Hall–Kier alpha value is -2.02. The van der Waals surface area contributed by atoms with E-state index in [9.17, 15) is 14.0 Å². The topological polar surface area (TPSA) is 70.5 Å². The third kappa shape index (κ3) is 7.25. The van der Waals surface area contributed by atoms with E-state index in [1.165, 1.54) is 30.0 Å². The van der Waals surface area contributed by atoms with Gasteiger partial charge in [-0.15, -0.1) is 0 Å². The zero-order valence-corrected chi connectivity index (χ0v) is 17.9. The average Bonchev–Trinajstić information content (AvgIpc) is 2.55. The summed E-state index contributed by atoms with van der Waals surface area (Å²) in [5.74, 6) is -1.78. The molecule has 0 radical (unpaired) electrons. The Balaban J connectivity index is 2.91. The Morgan fingerprint density at radius 2 is 2.00 bits per heavy atom. The van der Waals surface area contributed by atoms with Crippen LogP contribution in [0.15, 0.2) is 34.8 Å². The molecule has 0 heterocycles. The zero-order valence-electron chi connectivity index (χ0n) is 16.3. The van der Waals surface area contributed by atoms with E-state index in [1.807, 2.05) is 6.92 Å². The Labute approximate surface area is 168 Å². The van der Waals surface area contributed by atoms with Gasteiger partial charge in [0.15, 0.2) is 0 Å². The van der Waals surface area contributed by atoms with Gasteiger partial charge in [-0.1, -0.05) is 19.1 Å². The second-order valence-corrected chi connectivity index (χ2v) is 7.94. The highest BCUT2D eigenvalue weighted by Gasteiger charge is 2.24. The summed E-state index contributed by atoms with van der Waals surface area (Å²) in [5, 5.41) is 8.07. The predicted molar refractivity (Wildman–Crippen MR) is 109 cm³/mol. The molecule has 148 valence electrons. The first-order valence-electron chi connectivity index (χ1n) is 8.67. The maximum Gasteiger partial charge on any atom is 0.353 e. The molecule has 0 aromatic heterocycles. The number of hydrogen-bond donors (Lipinski definition) is 1. The van der Waals surface area contributed by atoms with Crippen LogP contribution in [-0.4, -0.2) is 29.7 Å². The molecule has 1 atom stereocenters. The van der Waals surface area contributed by atoms with Crippen molar-refractivity contribution in [3.05, 3.63) is 40.6 Å². The number of anilines is 1. The number of nitrogens with zero attached hydrogens (tertiary/aromatic N) is 1. The normalized spacial score (nSPS) is 12.7. The fraction of sp³-hybridized carbons (Fsp3) is 0.450. The smallest absolute Gasteiger partial charge is 0.353 e. The fourth-order valence-corrected chi connectivity index (χ4v) is 2.80. The van der Waals surface area contributed by atoms with Gasteiger partial charge in [0.2, 0.25) is 5.91 Å². The van der Waals surface area contributed by atoms with Gasteiger partial charge in [-0.3, -0.25) is 10.2 Å². The minimum Gasteiger partial charge on any atom is -0.455 e. The Kier molecular flexibility index (Phi) is 8.34. The zero-order chi connectivity index (χ0) is 20.8. The summed E-state index contributed by atoms with van der Waals surface area (Å²) in [6.07, 6.45) is 3.94. The van der Waals surface area contributed by atoms with Crippen LogP contribution in [0.1, 0.15) is 41.0 Å². The molecule has 1 amide bonds. The van der Waals surface area contributed by atoms with Crippen LogP contribution in [0, 0.1) is 17.1 Å². The van der Waals surface area contributed by atoms with Crippen LogP contribution >= 0.6 is 15.9 Å². The number of carbonyl (C=O) groups excluding carboxylic acids is 2. The summed E-state index contributed by atoms with van der Waals surface area (Å²) in [6.45, 7) is 8.68. The van der Waals surface area contributed by atoms with E-state index >= 15 is 0 Å². The lowest BCUT2D eigenvalue weighted by Gasteiger charge is -2.22. The van der Waals surface area contributed by atoms with E-state index in [0.29, 0.717) is 16.6 Å². The minimum absolute atomic E-state index is 0.134. The number of allylic oxidation sites excluding steroid dienone is 1. The molecule has 1 aromatic rings. The van der Waals surface area contributed by atoms with Crippen LogP contribution < -0.4 is 4.90 Å². The van der Waals surface area contributed by atoms with E-state index in [1.54, 1.807) is 32.9 Å². The van der Waals surface area contributed by atoms with Crippen molar-refractivity contribution in [2.45, 2.75) is 46.6 Å². The SMILES string of the molecule is CCC(C=CCN(C(C)=O)c1cc(F)ccc1Br)C(=N)C(=O)OC(C)(C)C. The van der Waals surface area contributed by atoms with Crippen molar-refractivity contribution in [2.75, 3.05) is 11.4 Å². The summed E-state index contributed by atoms with van der Waals surface area (Å²) in [5.41, 5.74) is -0.382. The second kappa shape index (κ2) is 9.78. The third-order valence-electron chi connectivity index (χ3n) is 3.66. The van der Waals surface area contributed by atoms with Gasteiger partial charge in [0.05, 0.1) is 5.69 Å². The molecule has 0 aliphatic rings. The van der Waals surface area contributed by atoms with Gasteiger partial charge in [0.25, 0.3) is 0 Å². The molecule has 1 aromatic carbocycles. The first-order chi connectivity index (χ1) is 12.5. The summed E-state index contributed by atoms with van der Waals surface area (Å²) in [7, 11) is 0. The molecule has 0 saturated heterocycles. The summed E-state index contributed by atoms with van der Waals surface area (Å²) >= 11 is 3.32. The molecule has 7 heteroatoms. The Morgan fingerprint density at radius 1 is 1.37 bits per heavy atom. The molecular formula is C20H26BrFN2O3. The Bertz CT molecular complexity index is 741. The lowest BCUT2D eigenvalue weighted by atomic mass is 9.99. The van der Waals surface area contributed by atoms with Gasteiger partial charge >= 0.3 is 5.97 Å². The molecule has 1 N–H and O–H groups in total. The maximum atomic E-state index is 13.5. The van der Waals surface area contributed by atoms with E-state index in [0.717, 1.165) is 0 Å². The predicted octanol–water partition coefficient (Wildman–Crippen LogP) is 4.88. The van der Waals surface area contributed by atoms with Crippen molar-refractivity contribution >= 4 is 39.2 Å². The highest BCUT2D eigenvalue weighted by Crippen LogP contribution is 2.27. The maximum absolute atomic E-state index is 13.5. The van der Waals surface area contributed by atoms with Gasteiger partial charge < -0.3 is 9.64 Å². The van der Waals surface area contributed by atoms with Crippen molar-refractivity contribution in [1.29, 1.82) is 5.41 Å². The first-order valence-corrected chi connectivity index (χ1v) is 9.47. The van der Waals surface area contributed by atoms with Gasteiger partial charge in [0, 0.05) is 23.9 Å². The molecule has 27 heavy (non-hydrogen) atoms. The molecule has 1 unspecified atom stereocenters. The van der Waals surface area contributed by atoms with Crippen molar-refractivity contribution in [3.63, 3.8) is 0 Å². The van der Waals surface area contributed by atoms with Crippen LogP contribution in [0.3, 0.4) is 0 Å². The largest absolute Gasteiger partial charge is 0.455 e. The van der Waals surface area contributed by atoms with E-state index < -0.39 is 23.3 Å². The molecule has 0 aliphatic heterocycles. The van der Waals surface area contributed by atoms with Crippen LogP contribution in [0.25, 0.3) is 0 Å². The number of hydrogen-bond acceptors (Lipinski definition) is 4. The fourth-order valence-electron chi connectivity index (χ4n) is 2.34. The number of benzene rings is 1. The number of halogens is 2. The van der Waals surface area contributed by atoms with E-state index in [2.05, 4.69) is 15.9 Å². The second-order valence-electron chi connectivity index (χ2n) is 7.08. The lowest BCUT2D eigenvalue weighted by molar-refractivity contribution is -0.146. The number of esters is 1. The molecule has 0 bridgehead atoms. The Morgan fingerprint density at radius 3 is 2.52 bits per heavy atom. The quantitative estimate of drug-likeness (QED) is 0.372. The lowest BCUT2D eigenvalue weighted by Crippen LogP contribution is -2.32. The van der Waals surface area contributed by atoms with Gasteiger partial charge in [-0.25, -0.2) is 9.18 Å². The van der Waals surface area contributed by atoms with Crippen LogP contribution in [0.5, 0.6) is 0 Å². The van der Waals surface area contributed by atoms with Gasteiger partial charge in [-0.05, 0) is 61.3 Å². The van der Waals surface area contributed by atoms with Crippen molar-refractivity contribution < 1.29 is 18.7 Å². The summed E-state index contributed by atoms with van der Waals surface area (Å²) < 4.78 is 19.4. The summed E-state index contributed by atoms with van der Waals surface area (Å²) in [6, 6.07) is 4.12. The van der Waals surface area contributed by atoms with Crippen molar-refractivity contribution in [1.82, 2.24) is 0 Å². The van der Waals surface area contributed by atoms with Crippen LogP contribution in [-0.2, 0) is 14.3 Å². The average molecular weight is 441 g/mol.